The Balaban J connectivity index is 1.66. The number of allylic oxidation sites excluding steroid dienone is 2. The van der Waals surface area contributed by atoms with E-state index in [1.54, 1.807) is 54.7 Å². The lowest BCUT2D eigenvalue weighted by Crippen LogP contribution is -2.34. The van der Waals surface area contributed by atoms with Crippen LogP contribution in [0.2, 0.25) is 0 Å². The maximum atomic E-state index is 12.9. The highest BCUT2D eigenvalue weighted by Crippen LogP contribution is 2.23. The van der Waals surface area contributed by atoms with Crippen molar-refractivity contribution in [3.05, 3.63) is 71.3 Å². The second-order valence-electron chi connectivity index (χ2n) is 7.02. The van der Waals surface area contributed by atoms with Crippen molar-refractivity contribution in [2.45, 2.75) is 32.2 Å². The van der Waals surface area contributed by atoms with Crippen molar-refractivity contribution < 1.29 is 23.5 Å². The van der Waals surface area contributed by atoms with Gasteiger partial charge in [-0.05, 0) is 61.6 Å². The Kier molecular flexibility index (Phi) is 7.66. The average molecular weight is 420 g/mol. The summed E-state index contributed by atoms with van der Waals surface area (Å²) < 4.78 is 15.6. The molecule has 0 bridgehead atoms. The topological polar surface area (TPSA) is 92.8 Å². The number of carbonyl (C=O) groups is 2. The first-order valence-corrected chi connectivity index (χ1v) is 10.1. The lowest BCUT2D eigenvalue weighted by molar-refractivity contribution is -0.148. The lowest BCUT2D eigenvalue weighted by atomic mass is 10.0. The Bertz CT molecular complexity index is 998. The van der Waals surface area contributed by atoms with Gasteiger partial charge in [-0.1, -0.05) is 18.2 Å². The van der Waals surface area contributed by atoms with E-state index in [4.69, 9.17) is 13.9 Å². The van der Waals surface area contributed by atoms with Crippen LogP contribution in [-0.4, -0.2) is 30.5 Å². The molecular weight excluding hydrogens is 396 g/mol. The number of furan rings is 1. The fourth-order valence-electron chi connectivity index (χ4n) is 3.26. The van der Waals surface area contributed by atoms with E-state index in [0.29, 0.717) is 17.1 Å². The quantitative estimate of drug-likeness (QED) is 0.361. The molecule has 0 saturated carbocycles. The van der Waals surface area contributed by atoms with Gasteiger partial charge in [-0.25, -0.2) is 4.79 Å². The van der Waals surface area contributed by atoms with Gasteiger partial charge >= 0.3 is 5.97 Å². The van der Waals surface area contributed by atoms with E-state index in [1.165, 1.54) is 6.08 Å². The first-order valence-electron chi connectivity index (χ1n) is 10.1. The first-order chi connectivity index (χ1) is 15.1. The van der Waals surface area contributed by atoms with E-state index in [2.05, 4.69) is 0 Å². The largest absolute Gasteiger partial charge is 0.497 e. The maximum absolute atomic E-state index is 12.9. The number of nitriles is 1. The molecular formula is C24H24N2O5. The van der Waals surface area contributed by atoms with Crippen LogP contribution in [0.25, 0.3) is 6.08 Å². The van der Waals surface area contributed by atoms with E-state index in [-0.39, 0.29) is 18.0 Å². The molecule has 0 unspecified atom stereocenters. The number of rotatable bonds is 8. The fraction of sp³-hybridized carbons (Fsp3) is 0.292. The SMILES string of the molecule is COc1ccc(/C=C(\C#N)C(=O)OCC(=O)N(Cc2ccco2)C2=CCCCC2)cc1. The predicted octanol–water partition coefficient (Wildman–Crippen LogP) is 4.23. The number of amides is 1. The van der Waals surface area contributed by atoms with Crippen LogP contribution in [0.1, 0.15) is 37.0 Å². The summed E-state index contributed by atoms with van der Waals surface area (Å²) >= 11 is 0. The third kappa shape index (κ3) is 6.09. The Morgan fingerprint density at radius 3 is 2.65 bits per heavy atom. The minimum absolute atomic E-state index is 0.188. The van der Waals surface area contributed by atoms with Gasteiger partial charge in [-0.2, -0.15) is 5.26 Å². The van der Waals surface area contributed by atoms with Crippen molar-refractivity contribution >= 4 is 18.0 Å². The molecule has 7 nitrogen and oxygen atoms in total. The zero-order chi connectivity index (χ0) is 22.1. The van der Waals surface area contributed by atoms with Crippen molar-refractivity contribution in [2.75, 3.05) is 13.7 Å². The zero-order valence-corrected chi connectivity index (χ0v) is 17.4. The third-order valence-electron chi connectivity index (χ3n) is 4.90. The van der Waals surface area contributed by atoms with E-state index in [0.717, 1.165) is 31.4 Å². The van der Waals surface area contributed by atoms with Crippen molar-refractivity contribution in [3.8, 4) is 11.8 Å². The summed E-state index contributed by atoms with van der Waals surface area (Å²) in [6.45, 7) is -0.194. The number of hydrogen-bond acceptors (Lipinski definition) is 6. The molecule has 2 aromatic rings. The number of ether oxygens (including phenoxy) is 2. The molecule has 1 aromatic carbocycles. The average Bonchev–Trinajstić information content (AvgIpc) is 3.33. The number of nitrogens with zero attached hydrogens (tertiary/aromatic N) is 2. The van der Waals surface area contributed by atoms with E-state index in [9.17, 15) is 14.9 Å². The summed E-state index contributed by atoms with van der Waals surface area (Å²) in [7, 11) is 1.55. The van der Waals surface area contributed by atoms with Crippen molar-refractivity contribution in [2.24, 2.45) is 0 Å². The minimum atomic E-state index is -0.845. The number of esters is 1. The van der Waals surface area contributed by atoms with Crippen molar-refractivity contribution in [3.63, 3.8) is 0 Å². The number of methoxy groups -OCH3 is 1. The highest BCUT2D eigenvalue weighted by Gasteiger charge is 2.23. The molecule has 0 atom stereocenters. The van der Waals surface area contributed by atoms with Gasteiger partial charge in [-0.15, -0.1) is 0 Å². The van der Waals surface area contributed by atoms with Gasteiger partial charge in [0.2, 0.25) is 0 Å². The van der Waals surface area contributed by atoms with Crippen LogP contribution in [0.3, 0.4) is 0 Å². The fourth-order valence-corrected chi connectivity index (χ4v) is 3.26. The molecule has 7 heteroatoms. The molecule has 1 aliphatic carbocycles. The second-order valence-corrected chi connectivity index (χ2v) is 7.02. The van der Waals surface area contributed by atoms with Gasteiger partial charge in [0.25, 0.3) is 5.91 Å². The monoisotopic (exact) mass is 420 g/mol. The minimum Gasteiger partial charge on any atom is -0.497 e. The van der Waals surface area contributed by atoms with Crippen LogP contribution in [0.15, 0.2) is 64.4 Å². The second kappa shape index (κ2) is 10.8. The van der Waals surface area contributed by atoms with Gasteiger partial charge in [0.15, 0.2) is 6.61 Å². The number of benzene rings is 1. The third-order valence-corrected chi connectivity index (χ3v) is 4.90. The Hall–Kier alpha value is -3.79. The van der Waals surface area contributed by atoms with Crippen molar-refractivity contribution in [1.82, 2.24) is 4.90 Å². The summed E-state index contributed by atoms with van der Waals surface area (Å²) in [5, 5.41) is 9.35. The van der Waals surface area contributed by atoms with Crippen LogP contribution in [-0.2, 0) is 20.9 Å². The highest BCUT2D eigenvalue weighted by molar-refractivity contribution is 5.98. The van der Waals surface area contributed by atoms with Gasteiger partial charge in [0, 0.05) is 5.70 Å². The molecule has 0 aliphatic heterocycles. The Labute approximate surface area is 181 Å². The Morgan fingerprint density at radius 1 is 1.23 bits per heavy atom. The molecule has 0 fully saturated rings. The normalized spacial score (nSPS) is 13.7. The predicted molar refractivity (Wildman–Crippen MR) is 113 cm³/mol. The van der Waals surface area contributed by atoms with Gasteiger partial charge in [-0.3, -0.25) is 4.79 Å². The molecule has 1 heterocycles. The molecule has 1 aliphatic rings. The smallest absolute Gasteiger partial charge is 0.349 e. The Morgan fingerprint density at radius 2 is 2.03 bits per heavy atom. The molecule has 0 spiro atoms. The molecule has 160 valence electrons. The van der Waals surface area contributed by atoms with E-state index in [1.807, 2.05) is 12.1 Å². The van der Waals surface area contributed by atoms with E-state index < -0.39 is 12.6 Å². The molecule has 1 aromatic heterocycles. The summed E-state index contributed by atoms with van der Waals surface area (Å²) in [5.74, 6) is 0.0997. The van der Waals surface area contributed by atoms with Crippen LogP contribution >= 0.6 is 0 Å². The van der Waals surface area contributed by atoms with E-state index >= 15 is 0 Å². The first kappa shape index (κ1) is 21.9. The summed E-state index contributed by atoms with van der Waals surface area (Å²) in [4.78, 5) is 26.8. The van der Waals surface area contributed by atoms with Crippen LogP contribution in [0.4, 0.5) is 0 Å². The molecule has 0 N–H and O–H groups in total. The number of hydrogen-bond donors (Lipinski definition) is 0. The van der Waals surface area contributed by atoms with Crippen molar-refractivity contribution in [1.29, 1.82) is 5.26 Å². The zero-order valence-electron chi connectivity index (χ0n) is 17.4. The van der Waals surface area contributed by atoms with Crippen LogP contribution in [0, 0.1) is 11.3 Å². The summed E-state index contributed by atoms with van der Waals surface area (Å²) in [6, 6.07) is 12.3. The molecule has 0 radical (unpaired) electrons. The maximum Gasteiger partial charge on any atom is 0.349 e. The van der Waals surface area contributed by atoms with Crippen LogP contribution in [0.5, 0.6) is 5.75 Å². The summed E-state index contributed by atoms with van der Waals surface area (Å²) in [6.07, 6.45) is 8.77. The lowest BCUT2D eigenvalue weighted by Gasteiger charge is -2.26. The van der Waals surface area contributed by atoms with Gasteiger partial charge < -0.3 is 18.8 Å². The van der Waals surface area contributed by atoms with Gasteiger partial charge in [0.05, 0.1) is 19.9 Å². The van der Waals surface area contributed by atoms with Crippen LogP contribution < -0.4 is 4.74 Å². The van der Waals surface area contributed by atoms with Gasteiger partial charge in [0.1, 0.15) is 23.2 Å². The molecule has 1 amide bonds. The highest BCUT2D eigenvalue weighted by atomic mass is 16.5. The summed E-state index contributed by atoms with van der Waals surface area (Å²) in [5.41, 5.74) is 1.36. The molecule has 31 heavy (non-hydrogen) atoms. The molecule has 0 saturated heterocycles. The number of carbonyl (C=O) groups excluding carboxylic acids is 2. The molecule has 3 rings (SSSR count). The standard InChI is InChI=1S/C24H24N2O5/c1-29-21-11-9-18(10-12-21)14-19(15-25)24(28)31-17-23(27)26(16-22-8-5-13-30-22)20-6-3-2-4-7-20/h5-6,8-14H,2-4,7,16-17H2,1H3/b19-14+.